The molecule has 1 fully saturated rings. The molecule has 0 aromatic carbocycles. The van der Waals surface area contributed by atoms with Gasteiger partial charge in [0.15, 0.2) is 0 Å². The Bertz CT molecular complexity index is 569. The summed E-state index contributed by atoms with van der Waals surface area (Å²) in [4.78, 5) is 38.7. The van der Waals surface area contributed by atoms with Crippen molar-refractivity contribution in [2.75, 3.05) is 26.2 Å². The highest BCUT2D eigenvalue weighted by molar-refractivity contribution is 5.76. The van der Waals surface area contributed by atoms with E-state index in [9.17, 15) is 14.4 Å². The number of hydrogen-bond acceptors (Lipinski definition) is 4. The first-order chi connectivity index (χ1) is 9.08. The number of H-pyrrole nitrogens is 1. The number of hydrogen-bond donors (Lipinski definition) is 2. The van der Waals surface area contributed by atoms with Gasteiger partial charge in [-0.05, 0) is 6.92 Å². The van der Waals surface area contributed by atoms with E-state index in [0.717, 1.165) is 13.1 Å². The number of nitrogens with zero attached hydrogens (tertiary/aromatic N) is 2. The van der Waals surface area contributed by atoms with E-state index in [-0.39, 0.29) is 17.9 Å². The maximum absolute atomic E-state index is 11.9. The van der Waals surface area contributed by atoms with Crippen molar-refractivity contribution in [2.24, 2.45) is 0 Å². The molecule has 2 rings (SSSR count). The van der Waals surface area contributed by atoms with E-state index in [1.807, 2.05) is 0 Å². The number of aryl methyl sites for hydroxylation is 2. The second-order valence-electron chi connectivity index (χ2n) is 4.65. The molecule has 7 heteroatoms. The Morgan fingerprint density at radius 2 is 2.00 bits per heavy atom. The van der Waals surface area contributed by atoms with E-state index in [1.165, 1.54) is 10.8 Å². The minimum absolute atomic E-state index is 0.0391. The summed E-state index contributed by atoms with van der Waals surface area (Å²) < 4.78 is 1.37. The molecule has 1 aliphatic rings. The Kier molecular flexibility index (Phi) is 4.16. The van der Waals surface area contributed by atoms with Crippen molar-refractivity contribution in [2.45, 2.75) is 19.9 Å². The van der Waals surface area contributed by atoms with Crippen LogP contribution in [0.2, 0.25) is 0 Å². The van der Waals surface area contributed by atoms with Gasteiger partial charge in [-0.25, -0.2) is 4.79 Å². The summed E-state index contributed by atoms with van der Waals surface area (Å²) in [7, 11) is 0. The van der Waals surface area contributed by atoms with Gasteiger partial charge >= 0.3 is 5.69 Å². The number of amides is 1. The van der Waals surface area contributed by atoms with E-state index in [4.69, 9.17) is 0 Å². The van der Waals surface area contributed by atoms with Crippen LogP contribution in [0, 0.1) is 6.92 Å². The summed E-state index contributed by atoms with van der Waals surface area (Å²) in [6, 6.07) is 0. The molecule has 0 aliphatic carbocycles. The van der Waals surface area contributed by atoms with E-state index >= 15 is 0 Å². The summed E-state index contributed by atoms with van der Waals surface area (Å²) in [6.45, 7) is 4.95. The molecule has 0 saturated carbocycles. The van der Waals surface area contributed by atoms with Crippen molar-refractivity contribution in [1.29, 1.82) is 0 Å². The van der Waals surface area contributed by atoms with Gasteiger partial charge < -0.3 is 10.2 Å². The first kappa shape index (κ1) is 13.5. The van der Waals surface area contributed by atoms with Crippen LogP contribution in [-0.2, 0) is 11.3 Å². The monoisotopic (exact) mass is 266 g/mol. The van der Waals surface area contributed by atoms with E-state index in [0.29, 0.717) is 25.2 Å². The molecule has 7 nitrogen and oxygen atoms in total. The van der Waals surface area contributed by atoms with E-state index in [1.54, 1.807) is 11.8 Å². The van der Waals surface area contributed by atoms with Gasteiger partial charge in [0.25, 0.3) is 5.56 Å². The van der Waals surface area contributed by atoms with Crippen LogP contribution in [0.15, 0.2) is 15.8 Å². The summed E-state index contributed by atoms with van der Waals surface area (Å²) in [5, 5.41) is 3.18. The molecule has 1 amide bonds. The van der Waals surface area contributed by atoms with E-state index < -0.39 is 5.69 Å². The van der Waals surface area contributed by atoms with Crippen molar-refractivity contribution < 1.29 is 4.79 Å². The van der Waals surface area contributed by atoms with E-state index in [2.05, 4.69) is 10.3 Å². The van der Waals surface area contributed by atoms with Crippen LogP contribution in [0.3, 0.4) is 0 Å². The van der Waals surface area contributed by atoms with Gasteiger partial charge in [0, 0.05) is 50.9 Å². The first-order valence-corrected chi connectivity index (χ1v) is 6.37. The standard InChI is InChI=1S/C12H18N4O3/c1-9-8-16(12(19)14-11(9)18)5-2-10(17)15-6-3-13-4-7-15/h8,13H,2-7H2,1H3,(H,14,18,19). The third-order valence-corrected chi connectivity index (χ3v) is 3.23. The zero-order valence-electron chi connectivity index (χ0n) is 10.9. The van der Waals surface area contributed by atoms with Gasteiger partial charge in [-0.2, -0.15) is 0 Å². The van der Waals surface area contributed by atoms with Crippen LogP contribution in [0.5, 0.6) is 0 Å². The summed E-state index contributed by atoms with van der Waals surface area (Å²) >= 11 is 0. The summed E-state index contributed by atoms with van der Waals surface area (Å²) in [6.07, 6.45) is 1.76. The van der Waals surface area contributed by atoms with Gasteiger partial charge in [0.2, 0.25) is 5.91 Å². The predicted molar refractivity (Wildman–Crippen MR) is 70.1 cm³/mol. The fourth-order valence-electron chi connectivity index (χ4n) is 2.07. The van der Waals surface area contributed by atoms with Gasteiger partial charge in [0.1, 0.15) is 0 Å². The molecule has 19 heavy (non-hydrogen) atoms. The summed E-state index contributed by atoms with van der Waals surface area (Å²) in [5.74, 6) is 0.0391. The molecule has 1 aromatic rings. The molecular weight excluding hydrogens is 248 g/mol. The van der Waals surface area contributed by atoms with Crippen LogP contribution in [0.1, 0.15) is 12.0 Å². The maximum Gasteiger partial charge on any atom is 0.328 e. The third kappa shape index (κ3) is 3.31. The van der Waals surface area contributed by atoms with Crippen molar-refractivity contribution in [1.82, 2.24) is 19.8 Å². The number of rotatable bonds is 3. The lowest BCUT2D eigenvalue weighted by Gasteiger charge is -2.27. The first-order valence-electron chi connectivity index (χ1n) is 6.37. The second kappa shape index (κ2) is 5.83. The quantitative estimate of drug-likeness (QED) is 0.709. The van der Waals surface area contributed by atoms with Crippen LogP contribution in [0.4, 0.5) is 0 Å². The molecule has 0 unspecified atom stereocenters. The number of piperazine rings is 1. The van der Waals surface area contributed by atoms with Crippen molar-refractivity contribution >= 4 is 5.91 Å². The second-order valence-corrected chi connectivity index (χ2v) is 4.65. The van der Waals surface area contributed by atoms with Crippen molar-refractivity contribution in [3.05, 3.63) is 32.6 Å². The van der Waals surface area contributed by atoms with Gasteiger partial charge in [0.05, 0.1) is 0 Å². The smallest absolute Gasteiger partial charge is 0.328 e. The Hall–Kier alpha value is -1.89. The fourth-order valence-corrected chi connectivity index (χ4v) is 2.07. The van der Waals surface area contributed by atoms with Gasteiger partial charge in [-0.1, -0.05) is 0 Å². The lowest BCUT2D eigenvalue weighted by molar-refractivity contribution is -0.132. The lowest BCUT2D eigenvalue weighted by Crippen LogP contribution is -2.46. The zero-order valence-corrected chi connectivity index (χ0v) is 10.9. The fraction of sp³-hybridized carbons (Fsp3) is 0.583. The SMILES string of the molecule is Cc1cn(CCC(=O)N2CCNCC2)c(=O)[nH]c1=O. The molecule has 2 N–H and O–H groups in total. The van der Waals surface area contributed by atoms with Crippen LogP contribution in [-0.4, -0.2) is 46.5 Å². The van der Waals surface area contributed by atoms with Gasteiger partial charge in [-0.15, -0.1) is 0 Å². The number of carbonyl (C=O) groups excluding carboxylic acids is 1. The molecule has 0 spiro atoms. The van der Waals surface area contributed by atoms with Crippen molar-refractivity contribution in [3.63, 3.8) is 0 Å². The highest BCUT2D eigenvalue weighted by atomic mass is 16.2. The zero-order chi connectivity index (χ0) is 13.8. The minimum atomic E-state index is -0.469. The predicted octanol–water partition coefficient (Wildman–Crippen LogP) is -1.33. The molecule has 2 heterocycles. The number of nitrogens with one attached hydrogen (secondary N) is 2. The summed E-state index contributed by atoms with van der Waals surface area (Å²) in [5.41, 5.74) is -0.382. The topological polar surface area (TPSA) is 87.2 Å². The Morgan fingerprint density at radius 3 is 2.68 bits per heavy atom. The van der Waals surface area contributed by atoms with Crippen LogP contribution in [0.25, 0.3) is 0 Å². The Labute approximate surface area is 110 Å². The molecule has 1 aromatic heterocycles. The van der Waals surface area contributed by atoms with Crippen LogP contribution < -0.4 is 16.6 Å². The molecule has 104 valence electrons. The number of carbonyl (C=O) groups is 1. The third-order valence-electron chi connectivity index (χ3n) is 3.23. The molecular formula is C12H18N4O3. The maximum atomic E-state index is 11.9. The molecule has 1 aliphatic heterocycles. The van der Waals surface area contributed by atoms with Crippen LogP contribution >= 0.6 is 0 Å². The molecule has 1 saturated heterocycles. The largest absolute Gasteiger partial charge is 0.340 e. The molecule has 0 radical (unpaired) electrons. The number of aromatic nitrogens is 2. The normalized spacial score (nSPS) is 15.5. The molecule has 0 bridgehead atoms. The van der Waals surface area contributed by atoms with Crippen molar-refractivity contribution in [3.8, 4) is 0 Å². The Morgan fingerprint density at radius 1 is 1.32 bits per heavy atom. The highest BCUT2D eigenvalue weighted by Gasteiger charge is 2.15. The average Bonchev–Trinajstić information content (AvgIpc) is 2.42. The molecule has 0 atom stereocenters. The van der Waals surface area contributed by atoms with Gasteiger partial charge in [-0.3, -0.25) is 19.1 Å². The minimum Gasteiger partial charge on any atom is -0.340 e. The Balaban J connectivity index is 1.98. The lowest BCUT2D eigenvalue weighted by atomic mass is 10.3. The highest BCUT2D eigenvalue weighted by Crippen LogP contribution is 1.98. The number of aromatic amines is 1. The average molecular weight is 266 g/mol.